The van der Waals surface area contributed by atoms with E-state index in [2.05, 4.69) is 0 Å². The van der Waals surface area contributed by atoms with Crippen LogP contribution in [0.1, 0.15) is 67.2 Å². The lowest BCUT2D eigenvalue weighted by Gasteiger charge is -2.31. The molecule has 3 unspecified atom stereocenters. The largest absolute Gasteiger partial charge is 0.456 e. The summed E-state index contributed by atoms with van der Waals surface area (Å²) in [6, 6.07) is 9.78. The molecular weight excluding hydrogens is 506 g/mol. The Balaban J connectivity index is 1.29. The van der Waals surface area contributed by atoms with Crippen LogP contribution in [-0.2, 0) is 14.3 Å². The van der Waals surface area contributed by atoms with E-state index < -0.39 is 36.9 Å². The minimum absolute atomic E-state index is 0.0401. The number of Topliss-reactive ketones (excluding diaryl/α,β-unsaturated/α-hetero) is 2. The third-order valence-electron chi connectivity index (χ3n) is 7.32. The highest BCUT2D eigenvalue weighted by atomic mass is 32.1. The highest BCUT2D eigenvalue weighted by molar-refractivity contribution is 7.25. The lowest BCUT2D eigenvalue weighted by Crippen LogP contribution is -2.47. The lowest BCUT2D eigenvalue weighted by atomic mass is 10.0. The molecule has 1 N–H and O–H groups in total. The Hall–Kier alpha value is -3.30. The fraction of sp³-hybridized carbons (Fsp3) is 0.448. The molecule has 1 aliphatic carbocycles. The van der Waals surface area contributed by atoms with Gasteiger partial charge >= 0.3 is 12.1 Å². The van der Waals surface area contributed by atoms with Crippen LogP contribution in [0.15, 0.2) is 36.4 Å². The summed E-state index contributed by atoms with van der Waals surface area (Å²) in [6.07, 6.45) is 2.80. The summed E-state index contributed by atoms with van der Waals surface area (Å²) in [4.78, 5) is 52.4. The minimum atomic E-state index is -0.756. The Kier molecular flexibility index (Phi) is 7.00. The molecule has 1 amide bonds. The third-order valence-corrected chi connectivity index (χ3v) is 8.44. The normalized spacial score (nSPS) is 21.1. The third kappa shape index (κ3) is 5.05. The number of aliphatic hydroxyl groups is 1. The molecule has 1 saturated carbocycles. The number of thiophene rings is 1. The van der Waals surface area contributed by atoms with Crippen molar-refractivity contribution in [1.29, 1.82) is 0 Å². The molecule has 38 heavy (non-hydrogen) atoms. The topological polar surface area (TPSA) is 110 Å². The molecule has 1 saturated heterocycles. The number of nitrogens with zero attached hydrogens (tertiary/aromatic N) is 1. The van der Waals surface area contributed by atoms with E-state index in [1.54, 1.807) is 45.0 Å². The van der Waals surface area contributed by atoms with Crippen LogP contribution >= 0.6 is 11.3 Å². The number of fused-ring (bicyclic) bond motifs is 4. The number of esters is 1. The predicted octanol–water partition coefficient (Wildman–Crippen LogP) is 5.13. The van der Waals surface area contributed by atoms with Gasteiger partial charge in [-0.2, -0.15) is 0 Å². The fourth-order valence-corrected chi connectivity index (χ4v) is 6.79. The summed E-state index contributed by atoms with van der Waals surface area (Å²) in [5.41, 5.74) is 0.168. The number of carbonyl (C=O) groups is 4. The predicted molar refractivity (Wildman–Crippen MR) is 144 cm³/mol. The van der Waals surface area contributed by atoms with Gasteiger partial charge in [-0.05, 0) is 58.1 Å². The van der Waals surface area contributed by atoms with Crippen molar-refractivity contribution in [2.45, 2.75) is 64.1 Å². The van der Waals surface area contributed by atoms with Gasteiger partial charge in [-0.15, -0.1) is 11.3 Å². The van der Waals surface area contributed by atoms with Gasteiger partial charge < -0.3 is 14.6 Å². The number of ketones is 2. The number of hydrogen-bond donors (Lipinski definition) is 1. The standard InChI is InChI=1S/C29H31NO7S/c1-29(2,3)37-28(35)30-21-6-4-5-16(21)11-22(30)27(34)36-15-24(33)18-8-10-20-19-9-7-17(23(32)14-31)12-25(19)38-26(20)13-18/h7-10,12-13,16,21-22,31H,4-6,11,14-15H2,1-3H3. The smallest absolute Gasteiger partial charge is 0.411 e. The van der Waals surface area contributed by atoms with Crippen molar-refractivity contribution >= 4 is 55.1 Å². The number of likely N-dealkylation sites (tertiary alicyclic amines) is 1. The van der Waals surface area contributed by atoms with Gasteiger partial charge in [0.15, 0.2) is 18.2 Å². The molecule has 2 heterocycles. The first-order chi connectivity index (χ1) is 18.1. The van der Waals surface area contributed by atoms with Crippen molar-refractivity contribution in [3.8, 4) is 0 Å². The van der Waals surface area contributed by atoms with Crippen LogP contribution in [0.3, 0.4) is 0 Å². The molecule has 5 rings (SSSR count). The number of hydrogen-bond acceptors (Lipinski definition) is 8. The summed E-state index contributed by atoms with van der Waals surface area (Å²) < 4.78 is 12.8. The summed E-state index contributed by atoms with van der Waals surface area (Å²) in [6.45, 7) is 4.41. The van der Waals surface area contributed by atoms with Crippen LogP contribution in [0.25, 0.3) is 20.2 Å². The first-order valence-electron chi connectivity index (χ1n) is 12.9. The van der Waals surface area contributed by atoms with Gasteiger partial charge in [0.25, 0.3) is 0 Å². The Morgan fingerprint density at radius 1 is 0.974 bits per heavy atom. The van der Waals surface area contributed by atoms with Crippen LogP contribution in [0.5, 0.6) is 0 Å². The van der Waals surface area contributed by atoms with E-state index in [9.17, 15) is 19.2 Å². The molecule has 2 aromatic carbocycles. The van der Waals surface area contributed by atoms with E-state index in [0.717, 1.165) is 39.4 Å². The Labute approximate surface area is 224 Å². The van der Waals surface area contributed by atoms with Gasteiger partial charge in [-0.25, -0.2) is 9.59 Å². The van der Waals surface area contributed by atoms with E-state index in [-0.39, 0.29) is 23.5 Å². The maximum atomic E-state index is 13.1. The fourth-order valence-electron chi connectivity index (χ4n) is 5.61. The molecular formula is C29H31NO7S. The van der Waals surface area contributed by atoms with Crippen LogP contribution in [0.4, 0.5) is 4.79 Å². The van der Waals surface area contributed by atoms with Crippen molar-refractivity contribution in [2.24, 2.45) is 5.92 Å². The molecule has 2 fully saturated rings. The molecule has 0 spiro atoms. The van der Waals surface area contributed by atoms with Gasteiger partial charge in [-0.1, -0.05) is 30.7 Å². The summed E-state index contributed by atoms with van der Waals surface area (Å²) in [5.74, 6) is -1.03. The van der Waals surface area contributed by atoms with Crippen LogP contribution < -0.4 is 0 Å². The first kappa shape index (κ1) is 26.3. The van der Waals surface area contributed by atoms with Crippen LogP contribution in [0, 0.1) is 5.92 Å². The van der Waals surface area contributed by atoms with E-state index in [1.807, 2.05) is 12.1 Å². The summed E-state index contributed by atoms with van der Waals surface area (Å²) in [5, 5.41) is 11.0. The van der Waals surface area contributed by atoms with Crippen LogP contribution in [0.2, 0.25) is 0 Å². The van der Waals surface area contributed by atoms with Crippen molar-refractivity contribution in [1.82, 2.24) is 4.90 Å². The zero-order chi connectivity index (χ0) is 27.2. The highest BCUT2D eigenvalue weighted by Crippen LogP contribution is 2.42. The average molecular weight is 538 g/mol. The number of amides is 1. The van der Waals surface area contributed by atoms with Gasteiger partial charge in [0.1, 0.15) is 18.2 Å². The number of rotatable bonds is 6. The molecule has 3 atom stereocenters. The van der Waals surface area contributed by atoms with Crippen molar-refractivity contribution in [3.05, 3.63) is 47.5 Å². The molecule has 1 aliphatic heterocycles. The second-order valence-corrected chi connectivity index (χ2v) is 12.1. The highest BCUT2D eigenvalue weighted by Gasteiger charge is 2.50. The molecule has 8 nitrogen and oxygen atoms in total. The average Bonchev–Trinajstić information content (AvgIpc) is 3.56. The van der Waals surface area contributed by atoms with E-state index >= 15 is 0 Å². The van der Waals surface area contributed by atoms with E-state index in [4.69, 9.17) is 14.6 Å². The van der Waals surface area contributed by atoms with E-state index in [0.29, 0.717) is 17.5 Å². The molecule has 0 bridgehead atoms. The zero-order valence-corrected chi connectivity index (χ0v) is 22.5. The van der Waals surface area contributed by atoms with Gasteiger partial charge in [-0.3, -0.25) is 14.5 Å². The van der Waals surface area contributed by atoms with Crippen molar-refractivity contribution in [3.63, 3.8) is 0 Å². The Bertz CT molecular complexity index is 1440. The molecule has 1 aromatic heterocycles. The second kappa shape index (κ2) is 10.1. The molecule has 0 radical (unpaired) electrons. The number of benzene rings is 2. The molecule has 3 aromatic rings. The Morgan fingerprint density at radius 3 is 2.21 bits per heavy atom. The molecule has 9 heteroatoms. The number of ether oxygens (including phenoxy) is 2. The van der Waals surface area contributed by atoms with Crippen molar-refractivity contribution in [2.75, 3.05) is 13.2 Å². The van der Waals surface area contributed by atoms with E-state index in [1.165, 1.54) is 16.2 Å². The quantitative estimate of drug-likeness (QED) is 0.343. The minimum Gasteiger partial charge on any atom is -0.456 e. The first-order valence-corrected chi connectivity index (χ1v) is 13.7. The SMILES string of the molecule is CC(C)(C)OC(=O)N1C(C(=O)OCC(=O)c2ccc3c(c2)sc2cc(C(=O)CO)ccc23)CC2CCCC21. The molecule has 2 aliphatic rings. The second-order valence-electron chi connectivity index (χ2n) is 11.0. The Morgan fingerprint density at radius 2 is 1.61 bits per heavy atom. The summed E-state index contributed by atoms with van der Waals surface area (Å²) in [7, 11) is 0. The van der Waals surface area contributed by atoms with Gasteiger partial charge in [0, 0.05) is 37.3 Å². The van der Waals surface area contributed by atoms with Gasteiger partial charge in [0.05, 0.1) is 0 Å². The number of carbonyl (C=O) groups excluding carboxylic acids is 4. The van der Waals surface area contributed by atoms with Crippen LogP contribution in [-0.4, -0.2) is 64.5 Å². The van der Waals surface area contributed by atoms with Gasteiger partial charge in [0.2, 0.25) is 0 Å². The summed E-state index contributed by atoms with van der Waals surface area (Å²) >= 11 is 1.45. The van der Waals surface area contributed by atoms with Crippen molar-refractivity contribution < 1.29 is 33.8 Å². The monoisotopic (exact) mass is 537 g/mol. The number of aliphatic hydroxyl groups excluding tert-OH is 1. The maximum Gasteiger partial charge on any atom is 0.411 e. The maximum absolute atomic E-state index is 13.1. The molecule has 200 valence electrons. The zero-order valence-electron chi connectivity index (χ0n) is 21.7. The lowest BCUT2D eigenvalue weighted by molar-refractivity contribution is -0.148.